The minimum atomic E-state index is -4.39. The van der Waals surface area contributed by atoms with Crippen molar-refractivity contribution >= 4 is 11.6 Å². The lowest BCUT2D eigenvalue weighted by molar-refractivity contribution is -0.153. The van der Waals surface area contributed by atoms with Gasteiger partial charge in [0.05, 0.1) is 0 Å². The molecule has 122 valence electrons. The maximum Gasteiger partial charge on any atom is 0.422 e. The van der Waals surface area contributed by atoms with E-state index in [2.05, 4.69) is 10.6 Å². The highest BCUT2D eigenvalue weighted by atomic mass is 19.4. The van der Waals surface area contributed by atoms with Crippen LogP contribution in [0.3, 0.4) is 0 Å². The lowest BCUT2D eigenvalue weighted by Gasteiger charge is -2.15. The van der Waals surface area contributed by atoms with E-state index < -0.39 is 12.8 Å². The fourth-order valence-electron chi connectivity index (χ4n) is 2.42. The van der Waals surface area contributed by atoms with E-state index in [1.807, 2.05) is 0 Å². The van der Waals surface area contributed by atoms with Crippen molar-refractivity contribution in [3.8, 4) is 5.75 Å². The Hall–Kier alpha value is -1.76. The molecule has 1 aromatic rings. The molecule has 0 aliphatic carbocycles. The van der Waals surface area contributed by atoms with Crippen molar-refractivity contribution in [3.63, 3.8) is 0 Å². The van der Waals surface area contributed by atoms with E-state index in [0.29, 0.717) is 17.7 Å². The van der Waals surface area contributed by atoms with Crippen LogP contribution in [0.15, 0.2) is 18.2 Å². The highest BCUT2D eigenvalue weighted by Gasteiger charge is 2.28. The molecule has 1 aliphatic heterocycles. The van der Waals surface area contributed by atoms with Crippen LogP contribution in [0.4, 0.5) is 18.9 Å². The second-order valence-electron chi connectivity index (χ2n) is 5.38. The van der Waals surface area contributed by atoms with Crippen molar-refractivity contribution in [1.82, 2.24) is 5.32 Å². The van der Waals surface area contributed by atoms with E-state index in [9.17, 15) is 18.0 Å². The molecule has 0 aromatic heterocycles. The Morgan fingerprint density at radius 3 is 2.86 bits per heavy atom. The van der Waals surface area contributed by atoms with Gasteiger partial charge in [-0.1, -0.05) is 6.07 Å². The van der Waals surface area contributed by atoms with Gasteiger partial charge in [0.1, 0.15) is 5.75 Å². The van der Waals surface area contributed by atoms with Crippen LogP contribution in [0.25, 0.3) is 0 Å². The molecule has 7 heteroatoms. The Labute approximate surface area is 127 Å². The van der Waals surface area contributed by atoms with Crippen LogP contribution in [-0.4, -0.2) is 31.3 Å². The monoisotopic (exact) mass is 316 g/mol. The highest BCUT2D eigenvalue weighted by molar-refractivity contribution is 5.92. The van der Waals surface area contributed by atoms with E-state index in [1.54, 1.807) is 19.1 Å². The molecule has 0 saturated carbocycles. The molecule has 2 N–H and O–H groups in total. The normalized spacial score (nSPS) is 18.3. The van der Waals surface area contributed by atoms with Crippen LogP contribution in [0.2, 0.25) is 0 Å². The first-order valence-electron chi connectivity index (χ1n) is 7.17. The number of anilines is 1. The van der Waals surface area contributed by atoms with Gasteiger partial charge in [0.15, 0.2) is 6.61 Å². The summed E-state index contributed by atoms with van der Waals surface area (Å²) in [6, 6.07) is 4.83. The summed E-state index contributed by atoms with van der Waals surface area (Å²) in [5.74, 6) is -0.0374. The number of carbonyl (C=O) groups excluding carboxylic acids is 1. The molecule has 1 heterocycles. The van der Waals surface area contributed by atoms with Crippen LogP contribution >= 0.6 is 0 Å². The molecular weight excluding hydrogens is 297 g/mol. The quantitative estimate of drug-likeness (QED) is 0.878. The number of hydrogen-bond acceptors (Lipinski definition) is 3. The number of amides is 1. The number of ether oxygens (including phenoxy) is 1. The van der Waals surface area contributed by atoms with E-state index >= 15 is 0 Å². The van der Waals surface area contributed by atoms with Crippen molar-refractivity contribution in [2.75, 3.05) is 18.5 Å². The molecule has 1 fully saturated rings. The standard InChI is InChI=1S/C15H19F3N2O2/c1-10-12(20-14(21)8-11-4-3-7-19-11)5-2-6-13(10)22-9-15(16,17)18/h2,5-6,11,19H,3-4,7-9H2,1H3,(H,20,21). The predicted molar refractivity (Wildman–Crippen MR) is 77.0 cm³/mol. The maximum absolute atomic E-state index is 12.2. The van der Waals surface area contributed by atoms with Crippen LogP contribution in [0, 0.1) is 6.92 Å². The fraction of sp³-hybridized carbons (Fsp3) is 0.533. The topological polar surface area (TPSA) is 50.4 Å². The molecule has 0 bridgehead atoms. The average molecular weight is 316 g/mol. The smallest absolute Gasteiger partial charge is 0.422 e. The SMILES string of the molecule is Cc1c(NC(=O)CC2CCCN2)cccc1OCC(F)(F)F. The Balaban J connectivity index is 1.97. The van der Waals surface area contributed by atoms with E-state index in [4.69, 9.17) is 4.74 Å². The predicted octanol–water partition coefficient (Wildman–Crippen LogP) is 3.02. The van der Waals surface area contributed by atoms with Gasteiger partial charge in [0, 0.05) is 23.7 Å². The molecule has 1 atom stereocenters. The van der Waals surface area contributed by atoms with Gasteiger partial charge in [-0.05, 0) is 38.4 Å². The van der Waals surface area contributed by atoms with Gasteiger partial charge >= 0.3 is 6.18 Å². The molecule has 1 unspecified atom stereocenters. The fourth-order valence-corrected chi connectivity index (χ4v) is 2.42. The molecule has 1 amide bonds. The van der Waals surface area contributed by atoms with Gasteiger partial charge in [-0.2, -0.15) is 13.2 Å². The summed E-state index contributed by atoms with van der Waals surface area (Å²) in [5.41, 5.74) is 0.960. The first-order valence-corrected chi connectivity index (χ1v) is 7.17. The molecule has 4 nitrogen and oxygen atoms in total. The van der Waals surface area contributed by atoms with Crippen molar-refractivity contribution in [1.29, 1.82) is 0 Å². The van der Waals surface area contributed by atoms with E-state index in [-0.39, 0.29) is 17.7 Å². The van der Waals surface area contributed by atoms with Crippen LogP contribution in [0.1, 0.15) is 24.8 Å². The number of halogens is 3. The number of nitrogens with one attached hydrogen (secondary N) is 2. The zero-order chi connectivity index (χ0) is 16.2. The summed E-state index contributed by atoms with van der Waals surface area (Å²) in [4.78, 5) is 12.0. The van der Waals surface area contributed by atoms with Gasteiger partial charge < -0.3 is 15.4 Å². The molecule has 1 aliphatic rings. The van der Waals surface area contributed by atoms with Gasteiger partial charge in [-0.25, -0.2) is 0 Å². The molecule has 0 spiro atoms. The summed E-state index contributed by atoms with van der Waals surface area (Å²) in [7, 11) is 0. The Morgan fingerprint density at radius 2 is 2.23 bits per heavy atom. The van der Waals surface area contributed by atoms with E-state index in [1.165, 1.54) is 6.07 Å². The lowest BCUT2D eigenvalue weighted by atomic mass is 10.1. The third-order valence-corrected chi connectivity index (χ3v) is 3.54. The molecule has 0 radical (unpaired) electrons. The molecule has 1 saturated heterocycles. The van der Waals surface area contributed by atoms with Gasteiger partial charge in [-0.3, -0.25) is 4.79 Å². The molecular formula is C15H19F3N2O2. The Kier molecular flexibility index (Phi) is 5.28. The van der Waals surface area contributed by atoms with Crippen molar-refractivity contribution in [2.45, 2.75) is 38.4 Å². The number of alkyl halides is 3. The highest BCUT2D eigenvalue weighted by Crippen LogP contribution is 2.27. The van der Waals surface area contributed by atoms with Crippen LogP contribution in [-0.2, 0) is 4.79 Å². The summed E-state index contributed by atoms with van der Waals surface area (Å²) < 4.78 is 41.4. The molecule has 1 aromatic carbocycles. The second kappa shape index (κ2) is 7.00. The Morgan fingerprint density at radius 1 is 1.45 bits per heavy atom. The third-order valence-electron chi connectivity index (χ3n) is 3.54. The van der Waals surface area contributed by atoms with Gasteiger partial charge in [0.25, 0.3) is 0 Å². The van der Waals surface area contributed by atoms with E-state index in [0.717, 1.165) is 19.4 Å². The largest absolute Gasteiger partial charge is 0.484 e. The maximum atomic E-state index is 12.2. The number of benzene rings is 1. The second-order valence-corrected chi connectivity index (χ2v) is 5.38. The summed E-state index contributed by atoms with van der Waals surface area (Å²) >= 11 is 0. The Bertz CT molecular complexity index is 526. The third kappa shape index (κ3) is 4.91. The average Bonchev–Trinajstić information content (AvgIpc) is 2.91. The van der Waals surface area contributed by atoms with Crippen molar-refractivity contribution in [3.05, 3.63) is 23.8 Å². The van der Waals surface area contributed by atoms with Crippen LogP contribution < -0.4 is 15.4 Å². The summed E-state index contributed by atoms with van der Waals surface area (Å²) in [6.45, 7) is 1.18. The number of hydrogen-bond donors (Lipinski definition) is 2. The molecule has 2 rings (SSSR count). The zero-order valence-corrected chi connectivity index (χ0v) is 12.3. The van der Waals surface area contributed by atoms with Gasteiger partial charge in [-0.15, -0.1) is 0 Å². The lowest BCUT2D eigenvalue weighted by Crippen LogP contribution is -2.27. The molecule has 22 heavy (non-hydrogen) atoms. The zero-order valence-electron chi connectivity index (χ0n) is 12.3. The first-order chi connectivity index (χ1) is 10.3. The minimum Gasteiger partial charge on any atom is -0.484 e. The summed E-state index contributed by atoms with van der Waals surface area (Å²) in [5, 5.41) is 5.96. The van der Waals surface area contributed by atoms with Crippen molar-refractivity contribution in [2.24, 2.45) is 0 Å². The summed E-state index contributed by atoms with van der Waals surface area (Å²) in [6.07, 6.45) is -2.02. The van der Waals surface area contributed by atoms with Crippen molar-refractivity contribution < 1.29 is 22.7 Å². The number of carbonyl (C=O) groups is 1. The van der Waals surface area contributed by atoms with Crippen LogP contribution in [0.5, 0.6) is 5.75 Å². The first kappa shape index (κ1) is 16.6. The minimum absolute atomic E-state index is 0.120. The van der Waals surface area contributed by atoms with Gasteiger partial charge in [0.2, 0.25) is 5.91 Å². The number of rotatable bonds is 5.